The fourth-order valence-corrected chi connectivity index (χ4v) is 4.36. The largest absolute Gasteiger partial charge is 0.494 e. The Kier molecular flexibility index (Phi) is 6.30. The van der Waals surface area contributed by atoms with Crippen LogP contribution in [-0.4, -0.2) is 53.7 Å². The summed E-state index contributed by atoms with van der Waals surface area (Å²) >= 11 is 0. The number of hydrogen-bond acceptors (Lipinski definition) is 6. The van der Waals surface area contributed by atoms with Gasteiger partial charge >= 0.3 is 0 Å². The summed E-state index contributed by atoms with van der Waals surface area (Å²) in [5, 5.41) is 7.99. The maximum Gasteiger partial charge on any atom is 0.240 e. The summed E-state index contributed by atoms with van der Waals surface area (Å²) in [4.78, 5) is 14.5. The van der Waals surface area contributed by atoms with Crippen molar-refractivity contribution in [2.75, 3.05) is 19.7 Å². The van der Waals surface area contributed by atoms with Crippen LogP contribution in [-0.2, 0) is 21.9 Å². The van der Waals surface area contributed by atoms with Gasteiger partial charge in [0.15, 0.2) is 5.82 Å². The second kappa shape index (κ2) is 8.70. The minimum Gasteiger partial charge on any atom is -0.494 e. The van der Waals surface area contributed by atoms with Gasteiger partial charge in [-0.3, -0.25) is 4.79 Å². The molecule has 1 aromatic heterocycles. The summed E-state index contributed by atoms with van der Waals surface area (Å²) in [6.07, 6.45) is 3.42. The molecular weight excluding hydrogens is 382 g/mol. The zero-order valence-corrected chi connectivity index (χ0v) is 16.9. The molecule has 0 saturated carbocycles. The van der Waals surface area contributed by atoms with E-state index in [1.807, 2.05) is 18.5 Å². The number of likely N-dealkylation sites (tertiary alicyclic amines) is 1. The van der Waals surface area contributed by atoms with Gasteiger partial charge in [0.2, 0.25) is 15.9 Å². The van der Waals surface area contributed by atoms with Crippen LogP contribution < -0.4 is 9.46 Å². The molecule has 1 aliphatic heterocycles. The van der Waals surface area contributed by atoms with Gasteiger partial charge in [0, 0.05) is 26.6 Å². The fourth-order valence-electron chi connectivity index (χ4n) is 3.33. The molecule has 9 nitrogen and oxygen atoms in total. The van der Waals surface area contributed by atoms with E-state index in [0.717, 1.165) is 18.7 Å². The highest BCUT2D eigenvalue weighted by atomic mass is 32.2. The van der Waals surface area contributed by atoms with Crippen molar-refractivity contribution >= 4 is 15.9 Å². The first kappa shape index (κ1) is 20.3. The standard InChI is InChI=1S/C18H25N5O4S/c1-3-27-14-6-8-15(9-7-14)28(25,26)20-11-10-17(24)23-12-4-5-16(23)18-21-19-13-22(18)2/h6-9,13,16,20H,3-5,10-12H2,1-2H3/t16-/m1/s1. The van der Waals surface area contributed by atoms with Crippen molar-refractivity contribution in [3.8, 4) is 5.75 Å². The van der Waals surface area contributed by atoms with Gasteiger partial charge in [-0.15, -0.1) is 10.2 Å². The third kappa shape index (κ3) is 4.50. The second-order valence-electron chi connectivity index (χ2n) is 6.60. The zero-order chi connectivity index (χ0) is 20.1. The molecule has 10 heteroatoms. The van der Waals surface area contributed by atoms with E-state index in [1.165, 1.54) is 12.1 Å². The number of aromatic nitrogens is 3. The highest BCUT2D eigenvalue weighted by molar-refractivity contribution is 7.89. The smallest absolute Gasteiger partial charge is 0.240 e. The van der Waals surface area contributed by atoms with Crippen molar-refractivity contribution in [2.45, 2.75) is 37.1 Å². The molecule has 0 radical (unpaired) electrons. The van der Waals surface area contributed by atoms with Gasteiger partial charge in [-0.2, -0.15) is 0 Å². The Bertz CT molecular complexity index is 910. The SMILES string of the molecule is CCOc1ccc(S(=O)(=O)NCCC(=O)N2CCC[C@@H]2c2nncn2C)cc1. The van der Waals surface area contributed by atoms with Crippen LogP contribution in [0.5, 0.6) is 5.75 Å². The molecular formula is C18H25N5O4S. The zero-order valence-electron chi connectivity index (χ0n) is 16.0. The predicted octanol–water partition coefficient (Wildman–Crippen LogP) is 1.25. The van der Waals surface area contributed by atoms with Gasteiger partial charge in [0.1, 0.15) is 12.1 Å². The molecule has 0 aliphatic carbocycles. The molecule has 0 bridgehead atoms. The van der Waals surface area contributed by atoms with Gasteiger partial charge in [0.05, 0.1) is 17.5 Å². The number of nitrogens with one attached hydrogen (secondary N) is 1. The summed E-state index contributed by atoms with van der Waals surface area (Å²) in [6, 6.07) is 6.08. The number of carbonyl (C=O) groups is 1. The molecule has 1 fully saturated rings. The van der Waals surface area contributed by atoms with Crippen LogP contribution in [0.3, 0.4) is 0 Å². The third-order valence-corrected chi connectivity index (χ3v) is 6.17. The van der Waals surface area contributed by atoms with Gasteiger partial charge in [-0.05, 0) is 44.0 Å². The molecule has 1 aromatic carbocycles. The topological polar surface area (TPSA) is 106 Å². The summed E-state index contributed by atoms with van der Waals surface area (Å²) in [5.74, 6) is 1.26. The van der Waals surface area contributed by atoms with Crippen molar-refractivity contribution < 1.29 is 17.9 Å². The summed E-state index contributed by atoms with van der Waals surface area (Å²) < 4.78 is 34.4. The lowest BCUT2D eigenvalue weighted by Crippen LogP contribution is -2.35. The number of aryl methyl sites for hydroxylation is 1. The molecule has 152 valence electrons. The van der Waals surface area contributed by atoms with Crippen LogP contribution in [0, 0.1) is 0 Å². The minimum absolute atomic E-state index is 0.0381. The number of hydrogen-bond donors (Lipinski definition) is 1. The normalized spacial score (nSPS) is 17.1. The number of benzene rings is 1. The Hall–Kier alpha value is -2.46. The molecule has 1 N–H and O–H groups in total. The monoisotopic (exact) mass is 407 g/mol. The maximum atomic E-state index is 12.6. The molecule has 2 heterocycles. The second-order valence-corrected chi connectivity index (χ2v) is 8.36. The van der Waals surface area contributed by atoms with Crippen molar-refractivity contribution in [1.29, 1.82) is 0 Å². The molecule has 2 aromatic rings. The van der Waals surface area contributed by atoms with E-state index in [4.69, 9.17) is 4.74 Å². The molecule has 28 heavy (non-hydrogen) atoms. The minimum atomic E-state index is -3.68. The lowest BCUT2D eigenvalue weighted by Gasteiger charge is -2.24. The highest BCUT2D eigenvalue weighted by Crippen LogP contribution is 2.30. The number of sulfonamides is 1. The first-order valence-electron chi connectivity index (χ1n) is 9.28. The van der Waals surface area contributed by atoms with Crippen LogP contribution >= 0.6 is 0 Å². The van der Waals surface area contributed by atoms with Crippen molar-refractivity contribution in [1.82, 2.24) is 24.4 Å². The van der Waals surface area contributed by atoms with Crippen molar-refractivity contribution in [2.24, 2.45) is 7.05 Å². The summed E-state index contributed by atoms with van der Waals surface area (Å²) in [5.41, 5.74) is 0. The number of amides is 1. The van der Waals surface area contributed by atoms with E-state index in [1.54, 1.807) is 23.4 Å². The molecule has 1 aliphatic rings. The Morgan fingerprint density at radius 3 is 2.71 bits per heavy atom. The Morgan fingerprint density at radius 1 is 1.32 bits per heavy atom. The van der Waals surface area contributed by atoms with Crippen LogP contribution in [0.2, 0.25) is 0 Å². The van der Waals surface area contributed by atoms with Crippen molar-refractivity contribution in [3.05, 3.63) is 36.4 Å². The van der Waals surface area contributed by atoms with Crippen LogP contribution in [0.25, 0.3) is 0 Å². The van der Waals surface area contributed by atoms with Crippen molar-refractivity contribution in [3.63, 3.8) is 0 Å². The van der Waals surface area contributed by atoms with E-state index in [2.05, 4.69) is 14.9 Å². The van der Waals surface area contributed by atoms with E-state index in [-0.39, 0.29) is 29.8 Å². The van der Waals surface area contributed by atoms with Gasteiger partial charge < -0.3 is 14.2 Å². The molecule has 0 unspecified atom stereocenters. The predicted molar refractivity (Wildman–Crippen MR) is 102 cm³/mol. The van der Waals surface area contributed by atoms with E-state index in [0.29, 0.717) is 18.9 Å². The number of rotatable bonds is 8. The Balaban J connectivity index is 1.56. The number of carbonyl (C=O) groups excluding carboxylic acids is 1. The van der Waals surface area contributed by atoms with E-state index in [9.17, 15) is 13.2 Å². The fraction of sp³-hybridized carbons (Fsp3) is 0.500. The van der Waals surface area contributed by atoms with Gasteiger partial charge in [-0.25, -0.2) is 13.1 Å². The van der Waals surface area contributed by atoms with E-state index < -0.39 is 10.0 Å². The van der Waals surface area contributed by atoms with Crippen LogP contribution in [0.4, 0.5) is 0 Å². The first-order valence-corrected chi connectivity index (χ1v) is 10.8. The lowest BCUT2D eigenvalue weighted by atomic mass is 10.2. The third-order valence-electron chi connectivity index (χ3n) is 4.69. The van der Waals surface area contributed by atoms with Crippen LogP contribution in [0.1, 0.15) is 38.1 Å². The number of nitrogens with zero attached hydrogens (tertiary/aromatic N) is 4. The molecule has 1 amide bonds. The average molecular weight is 407 g/mol. The average Bonchev–Trinajstić information content (AvgIpc) is 3.30. The molecule has 1 atom stereocenters. The van der Waals surface area contributed by atoms with Gasteiger partial charge in [0.25, 0.3) is 0 Å². The Labute approximate surface area is 164 Å². The maximum absolute atomic E-state index is 12.6. The van der Waals surface area contributed by atoms with E-state index >= 15 is 0 Å². The molecule has 0 spiro atoms. The Morgan fingerprint density at radius 2 is 2.07 bits per heavy atom. The number of ether oxygens (including phenoxy) is 1. The summed E-state index contributed by atoms with van der Waals surface area (Å²) in [6.45, 7) is 3.05. The summed E-state index contributed by atoms with van der Waals surface area (Å²) in [7, 11) is -1.83. The lowest BCUT2D eigenvalue weighted by molar-refractivity contribution is -0.132. The highest BCUT2D eigenvalue weighted by Gasteiger charge is 2.32. The molecule has 3 rings (SSSR count). The molecule has 1 saturated heterocycles. The van der Waals surface area contributed by atoms with Gasteiger partial charge in [-0.1, -0.05) is 0 Å². The van der Waals surface area contributed by atoms with Crippen LogP contribution in [0.15, 0.2) is 35.5 Å². The first-order chi connectivity index (χ1) is 13.4. The quantitative estimate of drug-likeness (QED) is 0.706.